The van der Waals surface area contributed by atoms with Crippen molar-refractivity contribution in [3.05, 3.63) is 40.9 Å². The second-order valence-corrected chi connectivity index (χ2v) is 8.26. The van der Waals surface area contributed by atoms with Crippen molar-refractivity contribution in [1.29, 1.82) is 0 Å². The predicted octanol–water partition coefficient (Wildman–Crippen LogP) is 2.57. The number of hydrogen-bond donors (Lipinski definition) is 1. The lowest BCUT2D eigenvalue weighted by molar-refractivity contribution is 0.215. The minimum atomic E-state index is -0.240. The molecule has 0 amide bonds. The molecule has 0 atom stereocenters. The number of hydrogen-bond acceptors (Lipinski definition) is 6. The lowest BCUT2D eigenvalue weighted by atomic mass is 9.98. The highest BCUT2D eigenvalue weighted by Crippen LogP contribution is 2.23. The van der Waals surface area contributed by atoms with E-state index in [-0.39, 0.29) is 11.1 Å². The van der Waals surface area contributed by atoms with Gasteiger partial charge in [0.15, 0.2) is 5.65 Å². The first kappa shape index (κ1) is 18.5. The lowest BCUT2D eigenvalue weighted by Crippen LogP contribution is -2.37. The number of ether oxygens (including phenoxy) is 1. The summed E-state index contributed by atoms with van der Waals surface area (Å²) in [4.78, 5) is 26.5. The molecular formula is C20H26N6O2. The van der Waals surface area contributed by atoms with Gasteiger partial charge in [0.2, 0.25) is 11.8 Å². The van der Waals surface area contributed by atoms with E-state index in [2.05, 4.69) is 40.7 Å². The van der Waals surface area contributed by atoms with E-state index < -0.39 is 0 Å². The summed E-state index contributed by atoms with van der Waals surface area (Å²) < 4.78 is 7.61. The topological polar surface area (TPSA) is 88.9 Å². The number of anilines is 1. The van der Waals surface area contributed by atoms with Crippen LogP contribution in [-0.4, -0.2) is 44.4 Å². The van der Waals surface area contributed by atoms with E-state index in [0.29, 0.717) is 35.4 Å². The van der Waals surface area contributed by atoms with Crippen molar-refractivity contribution in [2.75, 3.05) is 24.6 Å². The summed E-state index contributed by atoms with van der Waals surface area (Å²) in [6.45, 7) is 8.46. The Morgan fingerprint density at radius 1 is 1.25 bits per heavy atom. The molecule has 3 aromatic rings. The van der Waals surface area contributed by atoms with Crippen LogP contribution in [0.5, 0.6) is 5.88 Å². The second-order valence-electron chi connectivity index (χ2n) is 8.26. The third kappa shape index (κ3) is 3.72. The maximum Gasteiger partial charge on any atom is 0.263 e. The minimum Gasteiger partial charge on any atom is -0.477 e. The number of rotatable bonds is 4. The van der Waals surface area contributed by atoms with E-state index in [1.807, 2.05) is 22.9 Å². The molecule has 1 aliphatic rings. The molecular weight excluding hydrogens is 356 g/mol. The highest BCUT2D eigenvalue weighted by Gasteiger charge is 2.24. The smallest absolute Gasteiger partial charge is 0.263 e. The van der Waals surface area contributed by atoms with E-state index in [9.17, 15) is 4.79 Å². The summed E-state index contributed by atoms with van der Waals surface area (Å²) in [6, 6.07) is 5.67. The fraction of sp³-hybridized carbons (Fsp3) is 0.500. The minimum absolute atomic E-state index is 0.142. The zero-order chi connectivity index (χ0) is 19.7. The van der Waals surface area contributed by atoms with Crippen LogP contribution in [0.3, 0.4) is 0 Å². The van der Waals surface area contributed by atoms with Gasteiger partial charge >= 0.3 is 0 Å². The first-order valence-electron chi connectivity index (χ1n) is 9.69. The quantitative estimate of drug-likeness (QED) is 0.746. The number of fused-ring (bicyclic) bond motifs is 1. The molecule has 0 aliphatic carbocycles. The normalized spacial score (nSPS) is 15.9. The van der Waals surface area contributed by atoms with E-state index in [1.165, 1.54) is 0 Å². The molecule has 28 heavy (non-hydrogen) atoms. The Kier molecular flexibility index (Phi) is 4.78. The van der Waals surface area contributed by atoms with Crippen LogP contribution in [0.2, 0.25) is 0 Å². The Balaban J connectivity index is 1.46. The molecule has 0 spiro atoms. The van der Waals surface area contributed by atoms with E-state index in [0.717, 1.165) is 25.9 Å². The molecule has 0 bridgehead atoms. The summed E-state index contributed by atoms with van der Waals surface area (Å²) in [5.74, 6) is 1.75. The SMILES string of the molecule is CC(C)(C)n1ncc2c(=O)[nH]c(N3CCC(COc4ccccn4)CC3)nc21. The van der Waals surface area contributed by atoms with Gasteiger partial charge in [-0.25, -0.2) is 9.67 Å². The number of pyridine rings is 1. The molecule has 8 heteroatoms. The zero-order valence-corrected chi connectivity index (χ0v) is 16.6. The Labute approximate surface area is 163 Å². The molecule has 1 N–H and O–H groups in total. The van der Waals surface area contributed by atoms with Gasteiger partial charge in [0.25, 0.3) is 5.56 Å². The molecule has 1 aliphatic heterocycles. The van der Waals surface area contributed by atoms with Crippen molar-refractivity contribution in [1.82, 2.24) is 24.7 Å². The van der Waals surface area contributed by atoms with Gasteiger partial charge < -0.3 is 9.64 Å². The highest BCUT2D eigenvalue weighted by atomic mass is 16.5. The van der Waals surface area contributed by atoms with Crippen molar-refractivity contribution in [3.63, 3.8) is 0 Å². The average Bonchev–Trinajstić information content (AvgIpc) is 3.13. The Morgan fingerprint density at radius 2 is 2.04 bits per heavy atom. The van der Waals surface area contributed by atoms with E-state index in [1.54, 1.807) is 12.4 Å². The standard InChI is InChI=1S/C20H26N6O2/c1-20(2,3)26-17-15(12-22-26)18(27)24-19(23-17)25-10-7-14(8-11-25)13-28-16-6-4-5-9-21-16/h4-6,9,12,14H,7-8,10-11,13H2,1-3H3,(H,23,24,27). The van der Waals surface area contributed by atoms with E-state index in [4.69, 9.17) is 9.72 Å². The zero-order valence-electron chi connectivity index (χ0n) is 16.6. The van der Waals surface area contributed by atoms with Crippen LogP contribution in [0, 0.1) is 5.92 Å². The second kappa shape index (κ2) is 7.26. The van der Waals surface area contributed by atoms with Crippen molar-refractivity contribution in [2.24, 2.45) is 5.92 Å². The Bertz CT molecular complexity index is 997. The summed E-state index contributed by atoms with van der Waals surface area (Å²) >= 11 is 0. The molecule has 8 nitrogen and oxygen atoms in total. The van der Waals surface area contributed by atoms with Gasteiger partial charge in [-0.2, -0.15) is 10.1 Å². The summed E-state index contributed by atoms with van der Waals surface area (Å²) in [5, 5.41) is 4.90. The largest absolute Gasteiger partial charge is 0.477 e. The van der Waals surface area contributed by atoms with Gasteiger partial charge in [0, 0.05) is 25.4 Å². The fourth-order valence-electron chi connectivity index (χ4n) is 3.49. The Morgan fingerprint density at radius 3 is 2.71 bits per heavy atom. The number of aromatic amines is 1. The number of nitrogens with zero attached hydrogens (tertiary/aromatic N) is 5. The van der Waals surface area contributed by atoms with Crippen molar-refractivity contribution < 1.29 is 4.74 Å². The molecule has 4 heterocycles. The molecule has 1 saturated heterocycles. The van der Waals surface area contributed by atoms with Gasteiger partial charge in [-0.05, 0) is 45.6 Å². The predicted molar refractivity (Wildman–Crippen MR) is 108 cm³/mol. The molecule has 1 fully saturated rings. The Hall–Kier alpha value is -2.90. The van der Waals surface area contributed by atoms with Crippen LogP contribution in [0.1, 0.15) is 33.6 Å². The highest BCUT2D eigenvalue weighted by molar-refractivity contribution is 5.74. The van der Waals surface area contributed by atoms with Crippen LogP contribution < -0.4 is 15.2 Å². The molecule has 0 unspecified atom stereocenters. The first-order valence-corrected chi connectivity index (χ1v) is 9.69. The van der Waals surface area contributed by atoms with Crippen molar-refractivity contribution in [3.8, 4) is 5.88 Å². The molecule has 0 aromatic carbocycles. The first-order chi connectivity index (χ1) is 13.4. The number of nitrogens with one attached hydrogen (secondary N) is 1. The lowest BCUT2D eigenvalue weighted by Gasteiger charge is -2.32. The third-order valence-electron chi connectivity index (χ3n) is 5.08. The van der Waals surface area contributed by atoms with Crippen LogP contribution in [-0.2, 0) is 5.54 Å². The summed E-state index contributed by atoms with van der Waals surface area (Å²) in [6.07, 6.45) is 5.29. The average molecular weight is 382 g/mol. The van der Waals surface area contributed by atoms with Gasteiger partial charge in [0.05, 0.1) is 18.3 Å². The number of aromatic nitrogens is 5. The molecule has 0 saturated carbocycles. The number of piperidine rings is 1. The van der Waals surface area contributed by atoms with Crippen LogP contribution in [0.4, 0.5) is 5.95 Å². The van der Waals surface area contributed by atoms with Gasteiger partial charge in [-0.1, -0.05) is 6.07 Å². The monoisotopic (exact) mass is 382 g/mol. The van der Waals surface area contributed by atoms with Crippen LogP contribution in [0.15, 0.2) is 35.4 Å². The molecule has 148 valence electrons. The number of H-pyrrole nitrogens is 1. The van der Waals surface area contributed by atoms with Gasteiger partial charge in [-0.15, -0.1) is 0 Å². The third-order valence-corrected chi connectivity index (χ3v) is 5.08. The summed E-state index contributed by atoms with van der Waals surface area (Å²) in [7, 11) is 0. The molecule has 4 rings (SSSR count). The van der Waals surface area contributed by atoms with Crippen molar-refractivity contribution >= 4 is 17.0 Å². The molecule has 0 radical (unpaired) electrons. The van der Waals surface area contributed by atoms with Crippen molar-refractivity contribution in [2.45, 2.75) is 39.2 Å². The van der Waals surface area contributed by atoms with Gasteiger partial charge in [-0.3, -0.25) is 9.78 Å². The molecule has 3 aromatic heterocycles. The summed E-state index contributed by atoms with van der Waals surface area (Å²) in [5.41, 5.74) is 0.248. The maximum atomic E-state index is 12.5. The fourth-order valence-corrected chi connectivity index (χ4v) is 3.49. The van der Waals surface area contributed by atoms with Crippen LogP contribution in [0.25, 0.3) is 11.0 Å². The van der Waals surface area contributed by atoms with Crippen LogP contribution >= 0.6 is 0 Å². The van der Waals surface area contributed by atoms with E-state index >= 15 is 0 Å². The van der Waals surface area contributed by atoms with Gasteiger partial charge in [0.1, 0.15) is 5.39 Å². The maximum absolute atomic E-state index is 12.5.